The molecule has 0 spiro atoms. The Morgan fingerprint density at radius 3 is 3.09 bits per heavy atom. The van der Waals surface area contributed by atoms with Crippen LogP contribution in [0.3, 0.4) is 0 Å². The number of nitrogens with zero attached hydrogens (tertiary/aromatic N) is 1. The first-order chi connectivity index (χ1) is 5.36. The third-order valence-corrected chi connectivity index (χ3v) is 2.20. The van der Waals surface area contributed by atoms with E-state index in [1.807, 2.05) is 0 Å². The number of allylic oxidation sites excluding steroid dienone is 2. The normalized spacial score (nSPS) is 37.2. The predicted octanol–water partition coefficient (Wildman–Crippen LogP) is 1.02. The fourth-order valence-electron chi connectivity index (χ4n) is 1.60. The summed E-state index contributed by atoms with van der Waals surface area (Å²) in [4.78, 5) is 2.20. The van der Waals surface area contributed by atoms with Crippen molar-refractivity contribution >= 4 is 0 Å². The lowest BCUT2D eigenvalue weighted by atomic mass is 9.96. The Morgan fingerprint density at radius 1 is 1.36 bits per heavy atom. The molecule has 2 nitrogen and oxygen atoms in total. The van der Waals surface area contributed by atoms with E-state index in [4.69, 9.17) is 4.74 Å². The summed E-state index contributed by atoms with van der Waals surface area (Å²) >= 11 is 0. The maximum absolute atomic E-state index is 5.58. The van der Waals surface area contributed by atoms with Gasteiger partial charge < -0.3 is 4.74 Å². The minimum Gasteiger partial charge on any atom is -0.358 e. The molecule has 1 heterocycles. The molecule has 2 atom stereocenters. The Bertz CT molecular complexity index is 198. The van der Waals surface area contributed by atoms with Crippen LogP contribution in [0.4, 0.5) is 0 Å². The molecule has 1 saturated heterocycles. The lowest BCUT2D eigenvalue weighted by molar-refractivity contribution is -0.0589. The summed E-state index contributed by atoms with van der Waals surface area (Å²) in [7, 11) is 2.09. The van der Waals surface area contributed by atoms with E-state index in [1.165, 1.54) is 0 Å². The highest BCUT2D eigenvalue weighted by molar-refractivity contribution is 5.16. The summed E-state index contributed by atoms with van der Waals surface area (Å²) in [6.07, 6.45) is 8.85. The number of hydrogen-bond donors (Lipinski definition) is 0. The maximum Gasteiger partial charge on any atom is 0.0996 e. The fraction of sp³-hybridized carbons (Fsp3) is 0.556. The van der Waals surface area contributed by atoms with Gasteiger partial charge in [0.25, 0.3) is 0 Å². The average molecular weight is 151 g/mol. The molecule has 2 heteroatoms. The van der Waals surface area contributed by atoms with E-state index in [0.717, 1.165) is 13.3 Å². The van der Waals surface area contributed by atoms with Crippen LogP contribution in [0.15, 0.2) is 24.3 Å². The van der Waals surface area contributed by atoms with Gasteiger partial charge in [0.15, 0.2) is 0 Å². The molecular formula is C9H13NO. The average Bonchev–Trinajstić information content (AvgIpc) is 2.04. The first kappa shape index (κ1) is 7.07. The Hall–Kier alpha value is -0.600. The van der Waals surface area contributed by atoms with Crippen LogP contribution in [0.25, 0.3) is 0 Å². The van der Waals surface area contributed by atoms with E-state index in [0.29, 0.717) is 12.0 Å². The zero-order chi connectivity index (χ0) is 7.68. The highest BCUT2D eigenvalue weighted by Crippen LogP contribution is 2.20. The molecule has 2 aliphatic rings. The fourth-order valence-corrected chi connectivity index (χ4v) is 1.60. The number of hydrogen-bond acceptors (Lipinski definition) is 2. The van der Waals surface area contributed by atoms with Gasteiger partial charge in [-0.05, 0) is 7.05 Å². The second-order valence-electron chi connectivity index (χ2n) is 3.23. The molecule has 0 aromatic heterocycles. The van der Waals surface area contributed by atoms with Gasteiger partial charge in [-0.25, -0.2) is 0 Å². The van der Waals surface area contributed by atoms with Gasteiger partial charge >= 0.3 is 0 Å². The summed E-state index contributed by atoms with van der Waals surface area (Å²) in [5, 5.41) is 0. The first-order valence-corrected chi connectivity index (χ1v) is 4.01. The molecule has 2 rings (SSSR count). The van der Waals surface area contributed by atoms with Crippen molar-refractivity contribution in [2.45, 2.75) is 6.10 Å². The van der Waals surface area contributed by atoms with Crippen molar-refractivity contribution in [1.82, 2.24) is 4.90 Å². The molecular weight excluding hydrogens is 138 g/mol. The Morgan fingerprint density at radius 2 is 2.18 bits per heavy atom. The quantitative estimate of drug-likeness (QED) is 0.512. The Labute approximate surface area is 67.1 Å². The SMILES string of the molecule is CN1COC2C=CC=CC2C1. The first-order valence-electron chi connectivity index (χ1n) is 4.01. The van der Waals surface area contributed by atoms with Crippen molar-refractivity contribution in [3.8, 4) is 0 Å². The minimum absolute atomic E-state index is 0.330. The van der Waals surface area contributed by atoms with Crippen LogP contribution in [0.5, 0.6) is 0 Å². The topological polar surface area (TPSA) is 12.5 Å². The summed E-state index contributed by atoms with van der Waals surface area (Å²) in [6.45, 7) is 1.88. The van der Waals surface area contributed by atoms with Gasteiger partial charge in [0.1, 0.15) is 0 Å². The third-order valence-electron chi connectivity index (χ3n) is 2.20. The van der Waals surface area contributed by atoms with Gasteiger partial charge in [0.05, 0.1) is 12.8 Å². The van der Waals surface area contributed by atoms with E-state index < -0.39 is 0 Å². The summed E-state index contributed by atoms with van der Waals surface area (Å²) in [5.74, 6) is 0.568. The molecule has 1 aliphatic carbocycles. The molecule has 0 saturated carbocycles. The van der Waals surface area contributed by atoms with Gasteiger partial charge in [-0.3, -0.25) is 4.90 Å². The smallest absolute Gasteiger partial charge is 0.0996 e. The highest BCUT2D eigenvalue weighted by Gasteiger charge is 2.25. The molecule has 1 fully saturated rings. The monoisotopic (exact) mass is 151 g/mol. The van der Waals surface area contributed by atoms with Crippen LogP contribution in [0.1, 0.15) is 0 Å². The van der Waals surface area contributed by atoms with Crippen molar-refractivity contribution < 1.29 is 4.74 Å². The Kier molecular flexibility index (Phi) is 1.80. The standard InChI is InChI=1S/C9H13NO/c1-10-6-8-4-2-3-5-9(8)11-7-10/h2-5,8-9H,6-7H2,1H3. The van der Waals surface area contributed by atoms with Crippen LogP contribution >= 0.6 is 0 Å². The van der Waals surface area contributed by atoms with Crippen molar-refractivity contribution in [2.75, 3.05) is 20.3 Å². The zero-order valence-corrected chi connectivity index (χ0v) is 6.73. The maximum atomic E-state index is 5.58. The van der Waals surface area contributed by atoms with Gasteiger partial charge in [-0.1, -0.05) is 24.3 Å². The second kappa shape index (κ2) is 2.80. The second-order valence-corrected chi connectivity index (χ2v) is 3.23. The number of ether oxygens (including phenoxy) is 1. The molecule has 0 amide bonds. The largest absolute Gasteiger partial charge is 0.358 e. The van der Waals surface area contributed by atoms with Gasteiger partial charge in [-0.2, -0.15) is 0 Å². The van der Waals surface area contributed by atoms with Crippen LogP contribution < -0.4 is 0 Å². The lowest BCUT2D eigenvalue weighted by Gasteiger charge is -2.34. The van der Waals surface area contributed by atoms with Gasteiger partial charge in [0, 0.05) is 12.5 Å². The lowest BCUT2D eigenvalue weighted by Crippen LogP contribution is -2.41. The molecule has 0 N–H and O–H groups in total. The van der Waals surface area contributed by atoms with Crippen LogP contribution in [0, 0.1) is 5.92 Å². The van der Waals surface area contributed by atoms with E-state index in [2.05, 4.69) is 36.3 Å². The molecule has 0 aromatic carbocycles. The van der Waals surface area contributed by atoms with Crippen molar-refractivity contribution in [2.24, 2.45) is 5.92 Å². The zero-order valence-electron chi connectivity index (χ0n) is 6.73. The molecule has 1 aliphatic heterocycles. The minimum atomic E-state index is 0.330. The number of rotatable bonds is 0. The van der Waals surface area contributed by atoms with E-state index in [9.17, 15) is 0 Å². The van der Waals surface area contributed by atoms with Gasteiger partial charge in [0.2, 0.25) is 0 Å². The third kappa shape index (κ3) is 1.37. The van der Waals surface area contributed by atoms with Crippen molar-refractivity contribution in [3.05, 3.63) is 24.3 Å². The van der Waals surface area contributed by atoms with E-state index in [-0.39, 0.29) is 0 Å². The Balaban J connectivity index is 2.07. The van der Waals surface area contributed by atoms with Crippen LogP contribution in [-0.2, 0) is 4.74 Å². The van der Waals surface area contributed by atoms with E-state index in [1.54, 1.807) is 0 Å². The summed E-state index contributed by atoms with van der Waals surface area (Å²) in [5.41, 5.74) is 0. The van der Waals surface area contributed by atoms with Crippen molar-refractivity contribution in [3.63, 3.8) is 0 Å². The molecule has 0 radical (unpaired) electrons. The molecule has 0 bridgehead atoms. The molecule has 0 aromatic rings. The molecule has 60 valence electrons. The molecule has 2 unspecified atom stereocenters. The van der Waals surface area contributed by atoms with Crippen LogP contribution in [-0.4, -0.2) is 31.3 Å². The predicted molar refractivity (Wildman–Crippen MR) is 44.1 cm³/mol. The van der Waals surface area contributed by atoms with Crippen LogP contribution in [0.2, 0.25) is 0 Å². The highest BCUT2D eigenvalue weighted by atomic mass is 16.5. The van der Waals surface area contributed by atoms with Crippen molar-refractivity contribution in [1.29, 1.82) is 0 Å². The summed E-state index contributed by atoms with van der Waals surface area (Å²) < 4.78 is 5.58. The van der Waals surface area contributed by atoms with E-state index >= 15 is 0 Å². The number of fused-ring (bicyclic) bond motifs is 1. The summed E-state index contributed by atoms with van der Waals surface area (Å²) in [6, 6.07) is 0. The van der Waals surface area contributed by atoms with Gasteiger partial charge in [-0.15, -0.1) is 0 Å². The molecule has 11 heavy (non-hydrogen) atoms.